The molecule has 0 bridgehead atoms. The van der Waals surface area contributed by atoms with Crippen molar-refractivity contribution in [2.24, 2.45) is 0 Å². The summed E-state index contributed by atoms with van der Waals surface area (Å²) in [6.45, 7) is 26.5. The van der Waals surface area contributed by atoms with Crippen LogP contribution in [0, 0.1) is 0 Å². The third kappa shape index (κ3) is 5.41. The van der Waals surface area contributed by atoms with Crippen molar-refractivity contribution in [1.29, 1.82) is 0 Å². The Balaban J connectivity index is 2.17. The molecule has 33 heavy (non-hydrogen) atoms. The van der Waals surface area contributed by atoms with E-state index in [1.807, 2.05) is 6.07 Å². The van der Waals surface area contributed by atoms with Gasteiger partial charge in [0.2, 0.25) is 0 Å². The van der Waals surface area contributed by atoms with Gasteiger partial charge in [-0.25, -0.2) is 0 Å². The molecule has 183 valence electrons. The minimum atomic E-state index is -3.17. The van der Waals surface area contributed by atoms with E-state index >= 15 is 0 Å². The van der Waals surface area contributed by atoms with Gasteiger partial charge in [-0.1, -0.05) is 113 Å². The van der Waals surface area contributed by atoms with E-state index in [0.717, 1.165) is 33.8 Å². The van der Waals surface area contributed by atoms with Gasteiger partial charge >= 0.3 is 7.94 Å². The molecule has 0 saturated heterocycles. The van der Waals surface area contributed by atoms with Gasteiger partial charge in [-0.15, -0.1) is 0 Å². The summed E-state index contributed by atoms with van der Waals surface area (Å²) in [7, 11) is -3.17. The molecule has 1 aliphatic rings. The number of hydrogen-bond donors (Lipinski definition) is 1. The fraction of sp³-hybridized carbons (Fsp3) is 0.586. The van der Waals surface area contributed by atoms with E-state index in [1.165, 1.54) is 5.56 Å². The fourth-order valence-electron chi connectivity index (χ4n) is 4.27. The molecule has 0 aliphatic carbocycles. The van der Waals surface area contributed by atoms with Gasteiger partial charge in [-0.3, -0.25) is 0 Å². The van der Waals surface area contributed by atoms with Gasteiger partial charge < -0.3 is 13.9 Å². The molecule has 1 atom stereocenters. The zero-order chi connectivity index (χ0) is 25.2. The molecule has 0 spiro atoms. The molecule has 0 amide bonds. The Labute approximate surface area is 202 Å². The van der Waals surface area contributed by atoms with Crippen molar-refractivity contribution in [3.05, 3.63) is 58.1 Å². The predicted molar refractivity (Wildman–Crippen MR) is 142 cm³/mol. The van der Waals surface area contributed by atoms with Crippen molar-refractivity contribution >= 4 is 7.94 Å². The summed E-state index contributed by atoms with van der Waals surface area (Å²) in [6, 6.07) is 10.7. The zero-order valence-electron chi connectivity index (χ0n) is 22.8. The number of fused-ring (bicyclic) bond motifs is 1. The maximum absolute atomic E-state index is 11.7. The van der Waals surface area contributed by atoms with Crippen LogP contribution < -0.4 is 9.05 Å². The third-order valence-corrected chi connectivity index (χ3v) is 7.99. The third-order valence-electron chi connectivity index (χ3n) is 6.31. The van der Waals surface area contributed by atoms with E-state index in [2.05, 4.69) is 107 Å². The first kappa shape index (κ1) is 26.0. The van der Waals surface area contributed by atoms with Gasteiger partial charge in [-0.05, 0) is 27.2 Å². The van der Waals surface area contributed by atoms with Crippen molar-refractivity contribution < 1.29 is 13.9 Å². The smallest absolute Gasteiger partial charge is 0.339 e. The summed E-state index contributed by atoms with van der Waals surface area (Å²) in [5, 5.41) is 0. The SMILES string of the molecule is CC(C)(C)c1cc(C(C)(C)C)c(O[P]2(O)Cc3cccc(C(C)(C)C)c3O2)c(C(C)(C)C)c1. The maximum atomic E-state index is 11.7. The molecule has 1 radical (unpaired) electrons. The standard InChI is InChI=1S/C29H44O3P/c1-26(2,3)20-16-22(28(7,8)9)25(23(17-20)29(10,11)12)32-33(30)18-19-14-13-15-21(24(19)31-33)27(4,5)6/h13-17,30H,18H2,1-12H3. The fourth-order valence-corrected chi connectivity index (χ4v) is 6.09. The van der Waals surface area contributed by atoms with Crippen LogP contribution in [0.1, 0.15) is 111 Å². The zero-order valence-corrected chi connectivity index (χ0v) is 23.7. The van der Waals surface area contributed by atoms with Crippen LogP contribution in [-0.2, 0) is 27.8 Å². The van der Waals surface area contributed by atoms with Crippen molar-refractivity contribution in [2.45, 2.75) is 111 Å². The highest BCUT2D eigenvalue weighted by Gasteiger charge is 2.44. The van der Waals surface area contributed by atoms with Crippen LogP contribution in [0.4, 0.5) is 0 Å². The summed E-state index contributed by atoms with van der Waals surface area (Å²) < 4.78 is 13.0. The van der Waals surface area contributed by atoms with Crippen molar-refractivity contribution in [3.63, 3.8) is 0 Å². The second-order valence-corrected chi connectivity index (χ2v) is 15.6. The van der Waals surface area contributed by atoms with Crippen molar-refractivity contribution in [1.82, 2.24) is 0 Å². The number of para-hydroxylation sites is 1. The molecule has 3 nitrogen and oxygen atoms in total. The predicted octanol–water partition coefficient (Wildman–Crippen LogP) is 8.60. The van der Waals surface area contributed by atoms with E-state index in [4.69, 9.17) is 9.05 Å². The van der Waals surface area contributed by atoms with Gasteiger partial charge in [0.05, 0.1) is 6.16 Å². The van der Waals surface area contributed by atoms with Gasteiger partial charge in [-0.2, -0.15) is 0 Å². The maximum Gasteiger partial charge on any atom is 0.339 e. The van der Waals surface area contributed by atoms with Crippen LogP contribution in [0.15, 0.2) is 30.3 Å². The highest BCUT2D eigenvalue weighted by atomic mass is 31.2. The summed E-state index contributed by atoms with van der Waals surface area (Å²) in [5.41, 5.74) is 5.26. The quantitative estimate of drug-likeness (QED) is 0.446. The lowest BCUT2D eigenvalue weighted by molar-refractivity contribution is 0.344. The van der Waals surface area contributed by atoms with Gasteiger partial charge in [0.1, 0.15) is 11.5 Å². The second-order valence-electron chi connectivity index (χ2n) is 13.7. The molecule has 1 aliphatic heterocycles. The minimum absolute atomic E-state index is 0.00623. The Morgan fingerprint density at radius 1 is 0.727 bits per heavy atom. The van der Waals surface area contributed by atoms with Crippen LogP contribution in [-0.4, -0.2) is 4.89 Å². The summed E-state index contributed by atoms with van der Waals surface area (Å²) >= 11 is 0. The molecule has 0 fully saturated rings. The highest BCUT2D eigenvalue weighted by Crippen LogP contribution is 2.67. The molecule has 4 heteroatoms. The van der Waals surface area contributed by atoms with Crippen LogP contribution in [0.2, 0.25) is 0 Å². The van der Waals surface area contributed by atoms with E-state index in [0.29, 0.717) is 6.16 Å². The topological polar surface area (TPSA) is 38.7 Å². The average molecular weight is 472 g/mol. The van der Waals surface area contributed by atoms with Gasteiger partial charge in [0.25, 0.3) is 0 Å². The molecular formula is C29H44O3P. The van der Waals surface area contributed by atoms with E-state index in [9.17, 15) is 4.89 Å². The van der Waals surface area contributed by atoms with Gasteiger partial charge in [0, 0.05) is 22.3 Å². The molecule has 0 aromatic heterocycles. The molecular weight excluding hydrogens is 427 g/mol. The molecule has 2 aromatic rings. The molecule has 3 rings (SSSR count). The Bertz CT molecular complexity index is 1010. The molecule has 2 aromatic carbocycles. The van der Waals surface area contributed by atoms with Crippen molar-refractivity contribution in [2.75, 3.05) is 0 Å². The first-order valence-corrected chi connectivity index (χ1v) is 13.8. The number of rotatable bonds is 2. The Morgan fingerprint density at radius 2 is 1.21 bits per heavy atom. The van der Waals surface area contributed by atoms with Crippen LogP contribution >= 0.6 is 7.94 Å². The average Bonchev–Trinajstić information content (AvgIpc) is 2.93. The lowest BCUT2D eigenvalue weighted by Crippen LogP contribution is -2.23. The molecule has 0 saturated carbocycles. The van der Waals surface area contributed by atoms with Crippen LogP contribution in [0.25, 0.3) is 0 Å². The number of hydrogen-bond acceptors (Lipinski definition) is 3. The molecule has 1 unspecified atom stereocenters. The first-order valence-electron chi connectivity index (χ1n) is 12.0. The van der Waals surface area contributed by atoms with E-state index in [1.54, 1.807) is 0 Å². The number of benzene rings is 2. The summed E-state index contributed by atoms with van der Waals surface area (Å²) in [5.74, 6) is 1.57. The lowest BCUT2D eigenvalue weighted by Gasteiger charge is -2.35. The Hall–Kier alpha value is -1.57. The molecule has 1 heterocycles. The van der Waals surface area contributed by atoms with E-state index in [-0.39, 0.29) is 21.7 Å². The van der Waals surface area contributed by atoms with Crippen LogP contribution in [0.3, 0.4) is 0 Å². The Kier molecular flexibility index (Phi) is 6.31. The summed E-state index contributed by atoms with van der Waals surface area (Å²) in [6.07, 6.45) is 0.403. The van der Waals surface area contributed by atoms with E-state index < -0.39 is 7.94 Å². The highest BCUT2D eigenvalue weighted by molar-refractivity contribution is 7.61. The largest absolute Gasteiger partial charge is 0.426 e. The van der Waals surface area contributed by atoms with Gasteiger partial charge in [0.15, 0.2) is 0 Å². The Morgan fingerprint density at radius 3 is 1.64 bits per heavy atom. The first-order chi connectivity index (χ1) is 14.7. The van der Waals surface area contributed by atoms with Crippen molar-refractivity contribution in [3.8, 4) is 11.5 Å². The second kappa shape index (κ2) is 7.99. The van der Waals surface area contributed by atoms with Crippen LogP contribution in [0.5, 0.6) is 11.5 Å². The summed E-state index contributed by atoms with van der Waals surface area (Å²) in [4.78, 5) is 11.7. The molecule has 1 N–H and O–H groups in total. The monoisotopic (exact) mass is 471 g/mol. The minimum Gasteiger partial charge on any atom is -0.426 e. The lowest BCUT2D eigenvalue weighted by atomic mass is 9.75. The normalized spacial score (nSPS) is 19.3.